The van der Waals surface area contributed by atoms with Gasteiger partial charge in [-0.25, -0.2) is 4.79 Å². The molecule has 0 aromatic heterocycles. The predicted octanol–water partition coefficient (Wildman–Crippen LogP) is 4.50. The molecule has 1 aliphatic carbocycles. The van der Waals surface area contributed by atoms with Crippen LogP contribution in [0.4, 0.5) is 4.79 Å². The second kappa shape index (κ2) is 10.8. The Bertz CT molecular complexity index is 839. The van der Waals surface area contributed by atoms with Crippen LogP contribution in [-0.4, -0.2) is 42.4 Å². The third-order valence-corrected chi connectivity index (χ3v) is 6.15. The zero-order valence-electron chi connectivity index (χ0n) is 18.5. The van der Waals surface area contributed by atoms with Crippen LogP contribution >= 0.6 is 11.6 Å². The lowest BCUT2D eigenvalue weighted by Crippen LogP contribution is -2.54. The maximum Gasteiger partial charge on any atom is 0.413 e. The van der Waals surface area contributed by atoms with Crippen molar-refractivity contribution in [3.63, 3.8) is 0 Å². The Morgan fingerprint density at radius 1 is 1.16 bits per heavy atom. The number of Topliss-reactive ketones (excluding diaryl/α,β-unsaturated/α-hetero) is 2. The molecule has 1 saturated carbocycles. The number of amides is 1. The van der Waals surface area contributed by atoms with Crippen molar-refractivity contribution in [3.8, 4) is 0 Å². The lowest BCUT2D eigenvalue weighted by Gasteiger charge is -2.43. The van der Waals surface area contributed by atoms with Crippen LogP contribution in [0.5, 0.6) is 0 Å². The Kier molecular flexibility index (Phi) is 8.62. The number of nitrogens with zero attached hydrogens (tertiary/aromatic N) is 1. The minimum absolute atomic E-state index is 0.0640. The van der Waals surface area contributed by atoms with E-state index in [1.165, 1.54) is 18.9 Å². The highest BCUT2D eigenvalue weighted by molar-refractivity contribution is 6.31. The SMILES string of the molecule is CC(=O)C[C@H](C(=O)OCOC(=O)N(C)[C@]1(c2ccccc2Cl)CCCCC1=O)C(C)C. The van der Waals surface area contributed by atoms with Gasteiger partial charge in [-0.15, -0.1) is 0 Å². The van der Waals surface area contributed by atoms with Crippen molar-refractivity contribution < 1.29 is 28.7 Å². The van der Waals surface area contributed by atoms with Gasteiger partial charge in [0.15, 0.2) is 5.78 Å². The highest BCUT2D eigenvalue weighted by Gasteiger charge is 2.48. The average Bonchev–Trinajstić information content (AvgIpc) is 2.72. The van der Waals surface area contributed by atoms with E-state index in [2.05, 4.69) is 0 Å². The van der Waals surface area contributed by atoms with E-state index < -0.39 is 30.3 Å². The summed E-state index contributed by atoms with van der Waals surface area (Å²) in [5.74, 6) is -1.54. The highest BCUT2D eigenvalue weighted by Crippen LogP contribution is 2.42. The number of rotatable bonds is 8. The van der Waals surface area contributed by atoms with E-state index in [0.29, 0.717) is 23.4 Å². The molecule has 170 valence electrons. The van der Waals surface area contributed by atoms with E-state index in [-0.39, 0.29) is 23.9 Å². The van der Waals surface area contributed by atoms with Gasteiger partial charge < -0.3 is 14.3 Å². The molecule has 0 bridgehead atoms. The normalized spacial score (nSPS) is 19.6. The standard InChI is InChI=1S/C23H30ClNO6/c1-15(2)17(13-16(3)26)21(28)30-14-31-22(29)25(4)23(12-8-7-11-20(23)27)18-9-5-6-10-19(18)24/h5-6,9-10,15,17H,7-8,11-14H2,1-4H3/t17-,23-/m0/s1. The first kappa shape index (κ1) is 24.9. The molecule has 1 fully saturated rings. The number of halogens is 1. The van der Waals surface area contributed by atoms with Gasteiger partial charge in [0.25, 0.3) is 0 Å². The van der Waals surface area contributed by atoms with Gasteiger partial charge in [-0.3, -0.25) is 14.5 Å². The van der Waals surface area contributed by atoms with Gasteiger partial charge in [-0.2, -0.15) is 0 Å². The molecule has 31 heavy (non-hydrogen) atoms. The van der Waals surface area contributed by atoms with Gasteiger partial charge in [0.1, 0.15) is 11.3 Å². The van der Waals surface area contributed by atoms with Crippen molar-refractivity contribution in [2.45, 2.75) is 58.4 Å². The number of carbonyl (C=O) groups excluding carboxylic acids is 4. The largest absolute Gasteiger partial charge is 0.428 e. The Labute approximate surface area is 188 Å². The number of benzene rings is 1. The van der Waals surface area contributed by atoms with Crippen molar-refractivity contribution >= 4 is 35.2 Å². The smallest absolute Gasteiger partial charge is 0.413 e. The van der Waals surface area contributed by atoms with Gasteiger partial charge in [0, 0.05) is 30.5 Å². The summed E-state index contributed by atoms with van der Waals surface area (Å²) in [6.45, 7) is 4.44. The molecule has 1 aromatic rings. The molecule has 0 aliphatic heterocycles. The fourth-order valence-electron chi connectivity index (χ4n) is 4.03. The second-order valence-electron chi connectivity index (χ2n) is 8.28. The number of likely N-dealkylation sites (N-methyl/N-ethyl adjacent to an activating group) is 1. The highest BCUT2D eigenvalue weighted by atomic mass is 35.5. The first-order valence-corrected chi connectivity index (χ1v) is 10.8. The average molecular weight is 452 g/mol. The minimum Gasteiger partial charge on any atom is -0.428 e. The number of hydrogen-bond donors (Lipinski definition) is 0. The van der Waals surface area contributed by atoms with Gasteiger partial charge in [0.2, 0.25) is 6.79 Å². The lowest BCUT2D eigenvalue weighted by atomic mass is 9.74. The van der Waals surface area contributed by atoms with Gasteiger partial charge >= 0.3 is 12.1 Å². The van der Waals surface area contributed by atoms with Gasteiger partial charge in [0.05, 0.1) is 5.92 Å². The Morgan fingerprint density at radius 3 is 2.42 bits per heavy atom. The zero-order chi connectivity index (χ0) is 23.2. The lowest BCUT2D eigenvalue weighted by molar-refractivity contribution is -0.161. The van der Waals surface area contributed by atoms with E-state index >= 15 is 0 Å². The maximum atomic E-state index is 13.0. The molecule has 0 unspecified atom stereocenters. The molecule has 7 nitrogen and oxygen atoms in total. The number of hydrogen-bond acceptors (Lipinski definition) is 6. The summed E-state index contributed by atoms with van der Waals surface area (Å²) in [7, 11) is 1.49. The third-order valence-electron chi connectivity index (χ3n) is 5.82. The third kappa shape index (κ3) is 5.64. The Morgan fingerprint density at radius 2 is 1.84 bits per heavy atom. The predicted molar refractivity (Wildman–Crippen MR) is 115 cm³/mol. The molecule has 1 aromatic carbocycles. The molecule has 8 heteroatoms. The summed E-state index contributed by atoms with van der Waals surface area (Å²) >= 11 is 6.39. The van der Waals surface area contributed by atoms with Crippen molar-refractivity contribution in [2.24, 2.45) is 11.8 Å². The molecule has 1 aliphatic rings. The molecular weight excluding hydrogens is 422 g/mol. The second-order valence-corrected chi connectivity index (χ2v) is 8.68. The van der Waals surface area contributed by atoms with E-state index in [1.54, 1.807) is 24.3 Å². The van der Waals surface area contributed by atoms with Crippen LogP contribution in [0.3, 0.4) is 0 Å². The fraction of sp³-hybridized carbons (Fsp3) is 0.565. The van der Waals surface area contributed by atoms with Crippen molar-refractivity contribution in [2.75, 3.05) is 13.8 Å². The van der Waals surface area contributed by atoms with Gasteiger partial charge in [-0.1, -0.05) is 43.6 Å². The molecule has 1 amide bonds. The quantitative estimate of drug-likeness (QED) is 0.427. The summed E-state index contributed by atoms with van der Waals surface area (Å²) in [5.41, 5.74) is -0.675. The van der Waals surface area contributed by atoms with Crippen LogP contribution in [0.15, 0.2) is 24.3 Å². The summed E-state index contributed by atoms with van der Waals surface area (Å²) < 4.78 is 10.3. The first-order chi connectivity index (χ1) is 14.6. The molecule has 0 saturated heterocycles. The van der Waals surface area contributed by atoms with E-state index in [9.17, 15) is 19.2 Å². The van der Waals surface area contributed by atoms with Crippen LogP contribution in [-0.2, 0) is 29.4 Å². The number of esters is 1. The molecule has 2 rings (SSSR count). The van der Waals surface area contributed by atoms with E-state index in [4.69, 9.17) is 21.1 Å². The van der Waals surface area contributed by atoms with E-state index in [1.807, 2.05) is 13.8 Å². The maximum absolute atomic E-state index is 13.0. The summed E-state index contributed by atoms with van der Waals surface area (Å²) in [6.07, 6.45) is 1.53. The first-order valence-electron chi connectivity index (χ1n) is 10.5. The van der Waals surface area contributed by atoms with Crippen molar-refractivity contribution in [1.82, 2.24) is 4.90 Å². The fourth-order valence-corrected chi connectivity index (χ4v) is 4.32. The van der Waals surface area contributed by atoms with Crippen molar-refractivity contribution in [3.05, 3.63) is 34.9 Å². The summed E-state index contributed by atoms with van der Waals surface area (Å²) in [4.78, 5) is 50.8. The number of ether oxygens (including phenoxy) is 2. The molecule has 2 atom stereocenters. The van der Waals surface area contributed by atoms with E-state index in [0.717, 1.165) is 12.8 Å². The van der Waals surface area contributed by atoms with Crippen LogP contribution in [0, 0.1) is 11.8 Å². The molecule has 0 heterocycles. The monoisotopic (exact) mass is 451 g/mol. The molecule has 0 spiro atoms. The summed E-state index contributed by atoms with van der Waals surface area (Å²) in [6, 6.07) is 6.95. The molecule has 0 radical (unpaired) electrons. The van der Waals surface area contributed by atoms with Crippen LogP contribution in [0.2, 0.25) is 5.02 Å². The number of ketones is 2. The van der Waals surface area contributed by atoms with Crippen LogP contribution < -0.4 is 0 Å². The minimum atomic E-state index is -1.23. The van der Waals surface area contributed by atoms with Crippen molar-refractivity contribution in [1.29, 1.82) is 0 Å². The van der Waals surface area contributed by atoms with Crippen LogP contribution in [0.25, 0.3) is 0 Å². The zero-order valence-corrected chi connectivity index (χ0v) is 19.2. The summed E-state index contributed by atoms with van der Waals surface area (Å²) in [5, 5.41) is 0.396. The molecular formula is C23H30ClNO6. The Hall–Kier alpha value is -2.41. The number of carbonyl (C=O) groups is 4. The molecule has 0 N–H and O–H groups in total. The van der Waals surface area contributed by atoms with Crippen LogP contribution in [0.1, 0.15) is 58.4 Å². The Balaban J connectivity index is 2.12. The topological polar surface area (TPSA) is 90.0 Å². The van der Waals surface area contributed by atoms with Gasteiger partial charge in [-0.05, 0) is 38.2 Å².